The van der Waals surface area contributed by atoms with E-state index in [1.807, 2.05) is 6.08 Å². The lowest BCUT2D eigenvalue weighted by Crippen LogP contribution is -2.06. The van der Waals surface area contributed by atoms with E-state index >= 15 is 0 Å². The zero-order valence-corrected chi connectivity index (χ0v) is 7.42. The molecule has 1 saturated heterocycles. The summed E-state index contributed by atoms with van der Waals surface area (Å²) in [6.07, 6.45) is 7.16. The highest BCUT2D eigenvalue weighted by molar-refractivity contribution is 5.73. The molecule has 1 heterocycles. The van der Waals surface area contributed by atoms with Crippen molar-refractivity contribution >= 4 is 5.97 Å². The van der Waals surface area contributed by atoms with Crippen LogP contribution in [-0.2, 0) is 9.53 Å². The topological polar surface area (TPSA) is 26.3 Å². The van der Waals surface area contributed by atoms with E-state index in [0.29, 0.717) is 6.61 Å². The molecule has 0 unspecified atom stereocenters. The lowest BCUT2D eigenvalue weighted by Gasteiger charge is -2.02. The number of carbonyl (C=O) groups excluding carboxylic acids is 1. The van der Waals surface area contributed by atoms with Gasteiger partial charge in [-0.2, -0.15) is 0 Å². The minimum atomic E-state index is 0.00797. The Morgan fingerprint density at radius 2 is 2.42 bits per heavy atom. The fourth-order valence-corrected chi connectivity index (χ4v) is 1.48. The summed E-state index contributed by atoms with van der Waals surface area (Å²) in [5.74, 6) is 0.198. The van der Waals surface area contributed by atoms with Gasteiger partial charge >= 0.3 is 5.97 Å². The second-order valence-electron chi connectivity index (χ2n) is 3.23. The van der Waals surface area contributed by atoms with Crippen molar-refractivity contribution in [3.05, 3.63) is 12.7 Å². The van der Waals surface area contributed by atoms with Crippen molar-refractivity contribution < 1.29 is 9.53 Å². The standard InChI is InChI=1S/C10H16O2/c1-2-3-4-5-6-9-7-8-12-10(9)11/h2,9H,1,3-8H2/t9-/m1/s1. The molecule has 1 aliphatic rings. The summed E-state index contributed by atoms with van der Waals surface area (Å²) >= 11 is 0. The van der Waals surface area contributed by atoms with Gasteiger partial charge in [0.1, 0.15) is 0 Å². The summed E-state index contributed by atoms with van der Waals surface area (Å²) in [5.41, 5.74) is 0. The van der Waals surface area contributed by atoms with Crippen molar-refractivity contribution in [3.63, 3.8) is 0 Å². The zero-order valence-electron chi connectivity index (χ0n) is 7.42. The molecule has 0 amide bonds. The van der Waals surface area contributed by atoms with Crippen LogP contribution in [0.2, 0.25) is 0 Å². The number of unbranched alkanes of at least 4 members (excludes halogenated alkanes) is 2. The van der Waals surface area contributed by atoms with Crippen LogP contribution in [0.3, 0.4) is 0 Å². The molecule has 0 radical (unpaired) electrons. The molecule has 12 heavy (non-hydrogen) atoms. The summed E-state index contributed by atoms with van der Waals surface area (Å²) in [6.45, 7) is 4.28. The molecule has 0 saturated carbocycles. The Labute approximate surface area is 73.6 Å². The van der Waals surface area contributed by atoms with E-state index in [4.69, 9.17) is 4.74 Å². The van der Waals surface area contributed by atoms with E-state index in [1.54, 1.807) is 0 Å². The van der Waals surface area contributed by atoms with E-state index < -0.39 is 0 Å². The van der Waals surface area contributed by atoms with Crippen LogP contribution in [0.5, 0.6) is 0 Å². The molecule has 0 aromatic rings. The van der Waals surface area contributed by atoms with E-state index in [2.05, 4.69) is 6.58 Å². The lowest BCUT2D eigenvalue weighted by atomic mass is 10.0. The van der Waals surface area contributed by atoms with Crippen LogP contribution in [0.15, 0.2) is 12.7 Å². The van der Waals surface area contributed by atoms with E-state index in [0.717, 1.165) is 32.1 Å². The Morgan fingerprint density at radius 3 is 3.00 bits per heavy atom. The molecule has 1 atom stereocenters. The fourth-order valence-electron chi connectivity index (χ4n) is 1.48. The largest absolute Gasteiger partial charge is 0.465 e. The third-order valence-corrected chi connectivity index (χ3v) is 2.25. The van der Waals surface area contributed by atoms with Crippen LogP contribution in [0.4, 0.5) is 0 Å². The maximum Gasteiger partial charge on any atom is 0.309 e. The molecule has 0 aliphatic carbocycles. The monoisotopic (exact) mass is 168 g/mol. The molecular weight excluding hydrogens is 152 g/mol. The van der Waals surface area contributed by atoms with Gasteiger partial charge in [0, 0.05) is 0 Å². The van der Waals surface area contributed by atoms with Gasteiger partial charge in [-0.05, 0) is 25.7 Å². The van der Waals surface area contributed by atoms with Crippen molar-refractivity contribution in [3.8, 4) is 0 Å². The highest BCUT2D eigenvalue weighted by Crippen LogP contribution is 2.20. The van der Waals surface area contributed by atoms with E-state index in [9.17, 15) is 4.79 Å². The number of esters is 1. The third kappa shape index (κ3) is 2.68. The molecule has 1 fully saturated rings. The van der Waals surface area contributed by atoms with Crippen LogP contribution in [0.1, 0.15) is 32.1 Å². The summed E-state index contributed by atoms with van der Waals surface area (Å²) in [4.78, 5) is 11.0. The minimum absolute atomic E-state index is 0.00797. The molecule has 0 aromatic carbocycles. The van der Waals surface area contributed by atoms with E-state index in [1.165, 1.54) is 0 Å². The molecular formula is C10H16O2. The Hall–Kier alpha value is -0.790. The smallest absolute Gasteiger partial charge is 0.309 e. The average molecular weight is 168 g/mol. The summed E-state index contributed by atoms with van der Waals surface area (Å²) < 4.78 is 4.86. The number of ether oxygens (including phenoxy) is 1. The number of allylic oxidation sites excluding steroid dienone is 1. The number of carbonyl (C=O) groups is 1. The first kappa shape index (κ1) is 9.30. The Morgan fingerprint density at radius 1 is 1.58 bits per heavy atom. The highest BCUT2D eigenvalue weighted by Gasteiger charge is 2.25. The minimum Gasteiger partial charge on any atom is -0.465 e. The Bertz CT molecular complexity index is 163. The molecule has 1 rings (SSSR count). The second-order valence-corrected chi connectivity index (χ2v) is 3.23. The maximum atomic E-state index is 11.0. The van der Waals surface area contributed by atoms with Gasteiger partial charge in [0.2, 0.25) is 0 Å². The number of rotatable bonds is 5. The average Bonchev–Trinajstić information content (AvgIpc) is 2.46. The number of hydrogen-bond acceptors (Lipinski definition) is 2. The SMILES string of the molecule is C=CCCCC[C@@H]1CCOC1=O. The second kappa shape index (κ2) is 4.96. The molecule has 2 heteroatoms. The fraction of sp³-hybridized carbons (Fsp3) is 0.700. The number of cyclic esters (lactones) is 1. The van der Waals surface area contributed by atoms with Gasteiger partial charge in [-0.15, -0.1) is 6.58 Å². The summed E-state index contributed by atoms with van der Waals surface area (Å²) in [6, 6.07) is 0. The van der Waals surface area contributed by atoms with Crippen molar-refractivity contribution in [1.82, 2.24) is 0 Å². The normalized spacial score (nSPS) is 22.3. The van der Waals surface area contributed by atoms with Crippen molar-refractivity contribution in [1.29, 1.82) is 0 Å². The number of hydrogen-bond donors (Lipinski definition) is 0. The van der Waals surface area contributed by atoms with Gasteiger partial charge < -0.3 is 4.74 Å². The van der Waals surface area contributed by atoms with Crippen molar-refractivity contribution in [2.24, 2.45) is 5.92 Å². The quantitative estimate of drug-likeness (QED) is 0.357. The first-order valence-corrected chi connectivity index (χ1v) is 4.62. The first-order valence-electron chi connectivity index (χ1n) is 4.62. The molecule has 0 bridgehead atoms. The van der Waals surface area contributed by atoms with E-state index in [-0.39, 0.29) is 11.9 Å². The summed E-state index contributed by atoms with van der Waals surface area (Å²) in [5, 5.41) is 0. The zero-order chi connectivity index (χ0) is 8.81. The highest BCUT2D eigenvalue weighted by atomic mass is 16.5. The third-order valence-electron chi connectivity index (χ3n) is 2.25. The lowest BCUT2D eigenvalue weighted by molar-refractivity contribution is -0.141. The van der Waals surface area contributed by atoms with Crippen LogP contribution in [0, 0.1) is 5.92 Å². The van der Waals surface area contributed by atoms with Gasteiger partial charge in [-0.1, -0.05) is 12.5 Å². The Kier molecular flexibility index (Phi) is 3.85. The van der Waals surface area contributed by atoms with Gasteiger partial charge in [0.25, 0.3) is 0 Å². The molecule has 68 valence electrons. The summed E-state index contributed by atoms with van der Waals surface area (Å²) in [7, 11) is 0. The molecule has 2 nitrogen and oxygen atoms in total. The maximum absolute atomic E-state index is 11.0. The molecule has 1 aliphatic heterocycles. The molecule has 0 spiro atoms. The predicted octanol–water partition coefficient (Wildman–Crippen LogP) is 2.30. The molecule has 0 N–H and O–H groups in total. The van der Waals surface area contributed by atoms with Crippen LogP contribution in [0.25, 0.3) is 0 Å². The van der Waals surface area contributed by atoms with Gasteiger partial charge in [0.15, 0.2) is 0 Å². The first-order chi connectivity index (χ1) is 5.84. The molecule has 0 aromatic heterocycles. The predicted molar refractivity (Wildman–Crippen MR) is 47.7 cm³/mol. The van der Waals surface area contributed by atoms with Gasteiger partial charge in [0.05, 0.1) is 12.5 Å². The van der Waals surface area contributed by atoms with Crippen LogP contribution in [-0.4, -0.2) is 12.6 Å². The van der Waals surface area contributed by atoms with Crippen LogP contribution >= 0.6 is 0 Å². The van der Waals surface area contributed by atoms with Crippen molar-refractivity contribution in [2.45, 2.75) is 32.1 Å². The Balaban J connectivity index is 2.06. The van der Waals surface area contributed by atoms with Gasteiger partial charge in [-0.3, -0.25) is 4.79 Å². The van der Waals surface area contributed by atoms with Crippen molar-refractivity contribution in [2.75, 3.05) is 6.61 Å². The van der Waals surface area contributed by atoms with Crippen LogP contribution < -0.4 is 0 Å². The van der Waals surface area contributed by atoms with Gasteiger partial charge in [-0.25, -0.2) is 0 Å².